The largest absolute Gasteiger partial charge is 0.368 e. The summed E-state index contributed by atoms with van der Waals surface area (Å²) in [6.07, 6.45) is 1.69. The molecular weight excluding hydrogens is 348 g/mol. The summed E-state index contributed by atoms with van der Waals surface area (Å²) in [7, 11) is 0. The number of piperazine rings is 1. The minimum atomic E-state index is 0.0503. The third-order valence-corrected chi connectivity index (χ3v) is 5.06. The average molecular weight is 373 g/mol. The SMILES string of the molecule is CCN(CC)c1ccc(C(=O)N2CCN(c3cccc(Cl)c3)CC2)cn1. The maximum absolute atomic E-state index is 12.7. The molecule has 0 spiro atoms. The van der Waals surface area contributed by atoms with Gasteiger partial charge in [-0.3, -0.25) is 4.79 Å². The predicted molar refractivity (Wildman–Crippen MR) is 107 cm³/mol. The fourth-order valence-corrected chi connectivity index (χ4v) is 3.45. The van der Waals surface area contributed by atoms with Gasteiger partial charge in [0, 0.05) is 56.2 Å². The number of halogens is 1. The van der Waals surface area contributed by atoms with E-state index < -0.39 is 0 Å². The number of pyridine rings is 1. The average Bonchev–Trinajstić information content (AvgIpc) is 2.69. The Hall–Kier alpha value is -2.27. The third kappa shape index (κ3) is 4.10. The van der Waals surface area contributed by atoms with Crippen molar-refractivity contribution in [1.29, 1.82) is 0 Å². The topological polar surface area (TPSA) is 39.7 Å². The molecule has 1 aromatic heterocycles. The number of amides is 1. The summed E-state index contributed by atoms with van der Waals surface area (Å²) in [4.78, 5) is 23.5. The Balaban J connectivity index is 1.61. The van der Waals surface area contributed by atoms with Gasteiger partial charge in [0.05, 0.1) is 5.56 Å². The Morgan fingerprint density at radius 3 is 2.42 bits per heavy atom. The molecule has 1 amide bonds. The van der Waals surface area contributed by atoms with Crippen LogP contribution in [0.25, 0.3) is 0 Å². The fraction of sp³-hybridized carbons (Fsp3) is 0.400. The van der Waals surface area contributed by atoms with E-state index >= 15 is 0 Å². The molecule has 2 heterocycles. The van der Waals surface area contributed by atoms with Gasteiger partial charge in [-0.15, -0.1) is 0 Å². The number of rotatable bonds is 5. The molecule has 0 atom stereocenters. The Kier molecular flexibility index (Phi) is 5.99. The molecule has 138 valence electrons. The van der Waals surface area contributed by atoms with E-state index in [-0.39, 0.29) is 5.91 Å². The van der Waals surface area contributed by atoms with Crippen LogP contribution in [-0.2, 0) is 0 Å². The summed E-state index contributed by atoms with van der Waals surface area (Å²) < 4.78 is 0. The molecule has 0 N–H and O–H groups in total. The van der Waals surface area contributed by atoms with E-state index in [2.05, 4.69) is 34.7 Å². The quantitative estimate of drug-likeness (QED) is 0.804. The van der Waals surface area contributed by atoms with Crippen molar-refractivity contribution in [3.05, 3.63) is 53.2 Å². The van der Waals surface area contributed by atoms with Crippen LogP contribution in [0.15, 0.2) is 42.6 Å². The number of anilines is 2. The second kappa shape index (κ2) is 8.41. The van der Waals surface area contributed by atoms with Crippen LogP contribution in [0, 0.1) is 0 Å². The Bertz CT molecular complexity index is 738. The molecule has 0 saturated carbocycles. The van der Waals surface area contributed by atoms with E-state index in [0.717, 1.165) is 42.7 Å². The molecule has 5 nitrogen and oxygen atoms in total. The van der Waals surface area contributed by atoms with Crippen LogP contribution in [0.4, 0.5) is 11.5 Å². The first-order chi connectivity index (χ1) is 12.6. The normalized spacial score (nSPS) is 14.4. The second-order valence-electron chi connectivity index (χ2n) is 6.34. The molecule has 3 rings (SSSR count). The number of hydrogen-bond acceptors (Lipinski definition) is 4. The van der Waals surface area contributed by atoms with Gasteiger partial charge in [0.2, 0.25) is 0 Å². The molecule has 2 aromatic rings. The Morgan fingerprint density at radius 1 is 1.12 bits per heavy atom. The van der Waals surface area contributed by atoms with Crippen LogP contribution >= 0.6 is 11.6 Å². The van der Waals surface area contributed by atoms with Crippen LogP contribution in [0.2, 0.25) is 5.02 Å². The van der Waals surface area contributed by atoms with Crippen molar-refractivity contribution in [2.75, 3.05) is 49.1 Å². The van der Waals surface area contributed by atoms with E-state index in [1.165, 1.54) is 0 Å². The fourth-order valence-electron chi connectivity index (χ4n) is 3.27. The highest BCUT2D eigenvalue weighted by Gasteiger charge is 2.22. The summed E-state index contributed by atoms with van der Waals surface area (Å²) in [5.41, 5.74) is 1.76. The lowest BCUT2D eigenvalue weighted by Crippen LogP contribution is -2.48. The highest BCUT2D eigenvalue weighted by molar-refractivity contribution is 6.30. The van der Waals surface area contributed by atoms with Gasteiger partial charge in [0.25, 0.3) is 5.91 Å². The molecule has 0 unspecified atom stereocenters. The maximum Gasteiger partial charge on any atom is 0.255 e. The van der Waals surface area contributed by atoms with Crippen LogP contribution < -0.4 is 9.80 Å². The van der Waals surface area contributed by atoms with E-state index in [1.807, 2.05) is 35.2 Å². The molecule has 1 aliphatic heterocycles. The minimum absolute atomic E-state index is 0.0503. The Labute approximate surface area is 160 Å². The first-order valence-corrected chi connectivity index (χ1v) is 9.51. The number of aromatic nitrogens is 1. The van der Waals surface area contributed by atoms with E-state index in [9.17, 15) is 4.79 Å². The van der Waals surface area contributed by atoms with Gasteiger partial charge >= 0.3 is 0 Å². The van der Waals surface area contributed by atoms with Crippen molar-refractivity contribution in [1.82, 2.24) is 9.88 Å². The highest BCUT2D eigenvalue weighted by Crippen LogP contribution is 2.21. The molecule has 0 radical (unpaired) electrons. The molecule has 1 aromatic carbocycles. The van der Waals surface area contributed by atoms with Gasteiger partial charge in [-0.25, -0.2) is 4.98 Å². The zero-order valence-electron chi connectivity index (χ0n) is 15.4. The molecule has 1 saturated heterocycles. The van der Waals surface area contributed by atoms with Gasteiger partial charge in [0.1, 0.15) is 5.82 Å². The van der Waals surface area contributed by atoms with E-state index in [4.69, 9.17) is 11.6 Å². The number of hydrogen-bond donors (Lipinski definition) is 0. The zero-order chi connectivity index (χ0) is 18.5. The summed E-state index contributed by atoms with van der Waals surface area (Å²) in [6.45, 7) is 9.01. The highest BCUT2D eigenvalue weighted by atomic mass is 35.5. The van der Waals surface area contributed by atoms with Crippen molar-refractivity contribution in [3.63, 3.8) is 0 Å². The molecule has 0 bridgehead atoms. The third-order valence-electron chi connectivity index (χ3n) is 4.82. The first-order valence-electron chi connectivity index (χ1n) is 9.13. The summed E-state index contributed by atoms with van der Waals surface area (Å²) in [5.74, 6) is 0.965. The molecule has 0 aliphatic carbocycles. The van der Waals surface area contributed by atoms with Gasteiger partial charge in [-0.1, -0.05) is 17.7 Å². The van der Waals surface area contributed by atoms with E-state index in [1.54, 1.807) is 6.20 Å². The molecule has 1 fully saturated rings. The van der Waals surface area contributed by atoms with Gasteiger partial charge in [0.15, 0.2) is 0 Å². The van der Waals surface area contributed by atoms with Crippen LogP contribution in [0.3, 0.4) is 0 Å². The number of carbonyl (C=O) groups excluding carboxylic acids is 1. The second-order valence-corrected chi connectivity index (χ2v) is 6.77. The number of nitrogens with zero attached hydrogens (tertiary/aromatic N) is 4. The van der Waals surface area contributed by atoms with Crippen molar-refractivity contribution in [2.45, 2.75) is 13.8 Å². The van der Waals surface area contributed by atoms with Gasteiger partial charge in [-0.05, 0) is 44.2 Å². The first kappa shape index (κ1) is 18.5. The van der Waals surface area contributed by atoms with Crippen molar-refractivity contribution < 1.29 is 4.79 Å². The summed E-state index contributed by atoms with van der Waals surface area (Å²) >= 11 is 6.08. The number of carbonyl (C=O) groups is 1. The van der Waals surface area contributed by atoms with Crippen molar-refractivity contribution in [2.24, 2.45) is 0 Å². The van der Waals surface area contributed by atoms with Crippen LogP contribution in [-0.4, -0.2) is 55.1 Å². The van der Waals surface area contributed by atoms with Crippen molar-refractivity contribution in [3.8, 4) is 0 Å². The van der Waals surface area contributed by atoms with Gasteiger partial charge < -0.3 is 14.7 Å². The predicted octanol–water partition coefficient (Wildman–Crippen LogP) is 3.54. The Morgan fingerprint density at radius 2 is 1.85 bits per heavy atom. The molecular formula is C20H25ClN4O. The smallest absolute Gasteiger partial charge is 0.255 e. The summed E-state index contributed by atoms with van der Waals surface area (Å²) in [5, 5.41) is 0.736. The van der Waals surface area contributed by atoms with Crippen LogP contribution in [0.1, 0.15) is 24.2 Å². The zero-order valence-corrected chi connectivity index (χ0v) is 16.1. The maximum atomic E-state index is 12.7. The lowest BCUT2D eigenvalue weighted by Gasteiger charge is -2.36. The summed E-state index contributed by atoms with van der Waals surface area (Å²) in [6, 6.07) is 11.7. The van der Waals surface area contributed by atoms with Crippen LogP contribution in [0.5, 0.6) is 0 Å². The molecule has 1 aliphatic rings. The lowest BCUT2D eigenvalue weighted by atomic mass is 10.2. The monoisotopic (exact) mass is 372 g/mol. The molecule has 26 heavy (non-hydrogen) atoms. The minimum Gasteiger partial charge on any atom is -0.368 e. The van der Waals surface area contributed by atoms with E-state index in [0.29, 0.717) is 18.7 Å². The lowest BCUT2D eigenvalue weighted by molar-refractivity contribution is 0.0746. The molecule has 6 heteroatoms. The van der Waals surface area contributed by atoms with Crippen molar-refractivity contribution >= 4 is 29.0 Å². The standard InChI is InChI=1S/C20H25ClN4O/c1-3-23(4-2)19-9-8-16(15-22-19)20(26)25-12-10-24(11-13-25)18-7-5-6-17(21)14-18/h5-9,14-15H,3-4,10-13H2,1-2H3. The van der Waals surface area contributed by atoms with Gasteiger partial charge in [-0.2, -0.15) is 0 Å². The number of benzene rings is 1.